The zero-order valence-corrected chi connectivity index (χ0v) is 22.5. The van der Waals surface area contributed by atoms with E-state index in [0.29, 0.717) is 53.9 Å². The molecular formula is C28H32F3N3O4S. The SMILES string of the molecule is Cc1cnc2[nH]c3c(OCCCN(CCO)CC(F)(F)F)ccc(C4=CC(S(=O)(=O)C5CC5)=CCC4)c3c2c1. The number of fused-ring (bicyclic) bond motifs is 3. The number of nitrogens with one attached hydrogen (secondary N) is 1. The van der Waals surface area contributed by atoms with E-state index in [1.807, 2.05) is 31.2 Å². The van der Waals surface area contributed by atoms with E-state index in [1.54, 1.807) is 12.3 Å². The van der Waals surface area contributed by atoms with E-state index >= 15 is 0 Å². The number of aromatic amines is 1. The number of H-pyrrole nitrogens is 1. The van der Waals surface area contributed by atoms with Gasteiger partial charge in [0.1, 0.15) is 11.4 Å². The number of aromatic nitrogens is 2. The average molecular weight is 564 g/mol. The van der Waals surface area contributed by atoms with Crippen LogP contribution in [0.4, 0.5) is 13.2 Å². The van der Waals surface area contributed by atoms with Gasteiger partial charge < -0.3 is 14.8 Å². The van der Waals surface area contributed by atoms with Crippen molar-refractivity contribution in [3.63, 3.8) is 0 Å². The van der Waals surface area contributed by atoms with E-state index < -0.39 is 22.6 Å². The quantitative estimate of drug-likeness (QED) is 0.308. The maximum Gasteiger partial charge on any atom is 0.401 e. The van der Waals surface area contributed by atoms with Gasteiger partial charge in [-0.05, 0) is 73.9 Å². The van der Waals surface area contributed by atoms with Crippen LogP contribution in [0.2, 0.25) is 0 Å². The Kier molecular flexibility index (Phi) is 7.76. The molecule has 2 aliphatic rings. The van der Waals surface area contributed by atoms with Gasteiger partial charge in [0.2, 0.25) is 0 Å². The van der Waals surface area contributed by atoms with Crippen LogP contribution in [0.3, 0.4) is 0 Å². The number of pyridine rings is 1. The number of hydrogen-bond donors (Lipinski definition) is 2. The van der Waals surface area contributed by atoms with Crippen LogP contribution in [-0.2, 0) is 9.84 Å². The van der Waals surface area contributed by atoms with Gasteiger partial charge in [-0.25, -0.2) is 13.4 Å². The van der Waals surface area contributed by atoms with E-state index in [2.05, 4.69) is 9.97 Å². The van der Waals surface area contributed by atoms with Crippen molar-refractivity contribution in [1.29, 1.82) is 0 Å². The van der Waals surface area contributed by atoms with Gasteiger partial charge in [-0.2, -0.15) is 13.2 Å². The summed E-state index contributed by atoms with van der Waals surface area (Å²) in [4.78, 5) is 9.42. The van der Waals surface area contributed by atoms with Crippen molar-refractivity contribution in [1.82, 2.24) is 14.9 Å². The predicted octanol–water partition coefficient (Wildman–Crippen LogP) is 5.29. The molecule has 0 aliphatic heterocycles. The normalized spacial score (nSPS) is 16.7. The zero-order valence-electron chi connectivity index (χ0n) is 21.7. The monoisotopic (exact) mass is 563 g/mol. The zero-order chi connectivity index (χ0) is 27.8. The fourth-order valence-corrected chi connectivity index (χ4v) is 6.94. The van der Waals surface area contributed by atoms with E-state index in [0.717, 1.165) is 32.4 Å². The topological polar surface area (TPSA) is 95.5 Å². The molecule has 7 nitrogen and oxygen atoms in total. The van der Waals surface area contributed by atoms with Crippen LogP contribution in [0.1, 0.15) is 43.2 Å². The third-order valence-electron chi connectivity index (χ3n) is 7.11. The minimum absolute atomic E-state index is 0.0620. The molecule has 39 heavy (non-hydrogen) atoms. The summed E-state index contributed by atoms with van der Waals surface area (Å²) in [5.41, 5.74) is 4.20. The Morgan fingerprint density at radius 1 is 1.23 bits per heavy atom. The predicted molar refractivity (Wildman–Crippen MR) is 145 cm³/mol. The van der Waals surface area contributed by atoms with Crippen molar-refractivity contribution in [2.75, 3.05) is 32.8 Å². The number of sulfone groups is 1. The molecule has 0 spiro atoms. The Morgan fingerprint density at radius 3 is 2.74 bits per heavy atom. The van der Waals surface area contributed by atoms with E-state index in [1.165, 1.54) is 0 Å². The molecule has 1 fully saturated rings. The first-order chi connectivity index (χ1) is 18.6. The van der Waals surface area contributed by atoms with Gasteiger partial charge in [-0.3, -0.25) is 4.90 Å². The molecule has 3 aromatic rings. The molecule has 0 unspecified atom stereocenters. The van der Waals surface area contributed by atoms with Crippen LogP contribution < -0.4 is 4.74 Å². The molecule has 0 radical (unpaired) electrons. The lowest BCUT2D eigenvalue weighted by molar-refractivity contribution is -0.147. The summed E-state index contributed by atoms with van der Waals surface area (Å²) < 4.78 is 70.4. The van der Waals surface area contributed by atoms with Gasteiger partial charge >= 0.3 is 6.18 Å². The Bertz CT molecular complexity index is 1540. The van der Waals surface area contributed by atoms with E-state index in [4.69, 9.17) is 9.84 Å². The minimum atomic E-state index is -4.34. The molecule has 2 heterocycles. The van der Waals surface area contributed by atoms with Gasteiger partial charge in [-0.1, -0.05) is 12.1 Å². The summed E-state index contributed by atoms with van der Waals surface area (Å²) in [5, 5.41) is 10.6. The smallest absolute Gasteiger partial charge is 0.401 e. The third kappa shape index (κ3) is 6.15. The Labute approximate surface area is 225 Å². The summed E-state index contributed by atoms with van der Waals surface area (Å²) in [6.45, 7) is 0.773. The van der Waals surface area contributed by atoms with Crippen molar-refractivity contribution < 1.29 is 31.4 Å². The van der Waals surface area contributed by atoms with Crippen molar-refractivity contribution in [2.45, 2.75) is 50.5 Å². The number of alkyl halides is 3. The largest absolute Gasteiger partial charge is 0.491 e. The number of halogens is 3. The molecule has 2 aromatic heterocycles. The number of hydrogen-bond acceptors (Lipinski definition) is 6. The Morgan fingerprint density at radius 2 is 2.03 bits per heavy atom. The second-order valence-corrected chi connectivity index (χ2v) is 12.5. The summed E-state index contributed by atoms with van der Waals surface area (Å²) in [6.07, 6.45) is 4.12. The first kappa shape index (κ1) is 27.7. The Balaban J connectivity index is 1.44. The van der Waals surface area contributed by atoms with Crippen molar-refractivity contribution in [3.8, 4) is 5.75 Å². The third-order valence-corrected chi connectivity index (χ3v) is 9.40. The van der Waals surface area contributed by atoms with E-state index in [9.17, 15) is 21.6 Å². The highest BCUT2D eigenvalue weighted by atomic mass is 32.2. The van der Waals surface area contributed by atoms with Gasteiger partial charge in [0.05, 0.1) is 35.4 Å². The minimum Gasteiger partial charge on any atom is -0.491 e. The highest BCUT2D eigenvalue weighted by molar-refractivity contribution is 7.96. The molecule has 2 aliphatic carbocycles. The second-order valence-electron chi connectivity index (χ2n) is 10.3. The van der Waals surface area contributed by atoms with Crippen molar-refractivity contribution >= 4 is 37.3 Å². The summed E-state index contributed by atoms with van der Waals surface area (Å²) in [7, 11) is -3.32. The molecule has 1 saturated carbocycles. The van der Waals surface area contributed by atoms with Crippen molar-refractivity contribution in [2.24, 2.45) is 0 Å². The fourth-order valence-electron chi connectivity index (χ4n) is 5.14. The summed E-state index contributed by atoms with van der Waals surface area (Å²) in [5.74, 6) is 0.548. The van der Waals surface area contributed by atoms with Gasteiger partial charge in [0.25, 0.3) is 0 Å². The Hall–Kier alpha value is -2.89. The van der Waals surface area contributed by atoms with E-state index in [-0.39, 0.29) is 31.6 Å². The number of aliphatic hydroxyl groups excluding tert-OH is 1. The van der Waals surface area contributed by atoms with Gasteiger partial charge in [0, 0.05) is 30.1 Å². The molecule has 0 atom stereocenters. The fraction of sp³-hybridized carbons (Fsp3) is 0.464. The van der Waals surface area contributed by atoms with Crippen LogP contribution in [0, 0.1) is 6.92 Å². The number of aryl methyl sites for hydroxylation is 1. The number of rotatable bonds is 11. The van der Waals surface area contributed by atoms with Crippen LogP contribution in [0.25, 0.3) is 27.5 Å². The number of nitrogens with zero attached hydrogens (tertiary/aromatic N) is 2. The van der Waals surface area contributed by atoms with Crippen LogP contribution in [0.15, 0.2) is 41.5 Å². The number of aliphatic hydroxyl groups is 1. The molecule has 11 heteroatoms. The van der Waals surface area contributed by atoms with Crippen molar-refractivity contribution in [3.05, 3.63) is 52.6 Å². The molecule has 210 valence electrons. The lowest BCUT2D eigenvalue weighted by Crippen LogP contribution is -2.37. The molecular weight excluding hydrogens is 531 g/mol. The lowest BCUT2D eigenvalue weighted by Gasteiger charge is -2.22. The molecule has 0 amide bonds. The first-order valence-corrected chi connectivity index (χ1v) is 14.7. The van der Waals surface area contributed by atoms with Gasteiger partial charge in [0.15, 0.2) is 9.84 Å². The lowest BCUT2D eigenvalue weighted by atomic mass is 9.93. The highest BCUT2D eigenvalue weighted by Crippen LogP contribution is 2.42. The second kappa shape index (κ2) is 10.9. The van der Waals surface area contributed by atoms with Gasteiger partial charge in [-0.15, -0.1) is 0 Å². The summed E-state index contributed by atoms with van der Waals surface area (Å²) in [6, 6.07) is 5.77. The number of ether oxygens (including phenoxy) is 1. The first-order valence-electron chi connectivity index (χ1n) is 13.2. The molecule has 2 N–H and O–H groups in total. The maximum absolute atomic E-state index is 12.9. The molecule has 1 aromatic carbocycles. The maximum atomic E-state index is 12.9. The molecule has 5 rings (SSSR count). The highest BCUT2D eigenvalue weighted by Gasteiger charge is 2.38. The average Bonchev–Trinajstić information content (AvgIpc) is 3.68. The van der Waals surface area contributed by atoms with Crippen LogP contribution >= 0.6 is 0 Å². The molecule has 0 saturated heterocycles. The molecule has 0 bridgehead atoms. The summed E-state index contributed by atoms with van der Waals surface area (Å²) >= 11 is 0. The van der Waals surface area contributed by atoms with Crippen LogP contribution in [-0.4, -0.2) is 72.7 Å². The number of allylic oxidation sites excluding steroid dienone is 3. The standard InChI is InChI=1S/C28H32F3N3O4S/c1-18-14-23-25-22(19-4-2-5-21(15-19)39(36,37)20-6-7-20)8-9-24(26(25)33-27(23)32-16-18)38-13-3-10-34(11-12-35)17-28(29,30)31/h5,8-9,14-16,20,35H,2-4,6-7,10-13,17H2,1H3,(H,32,33). The van der Waals surface area contributed by atoms with Crippen LogP contribution in [0.5, 0.6) is 5.75 Å². The number of benzene rings is 1.